The molecule has 0 N–H and O–H groups in total. The average molecular weight is 147 g/mol. The van der Waals surface area contributed by atoms with Gasteiger partial charge in [0.1, 0.15) is 0 Å². The quantitative estimate of drug-likeness (QED) is 0.461. The van der Waals surface area contributed by atoms with Crippen LogP contribution in [0.3, 0.4) is 0 Å². The zero-order chi connectivity index (χ0) is 8.10. The summed E-state index contributed by atoms with van der Waals surface area (Å²) in [6.07, 6.45) is 2.50. The van der Waals surface area contributed by atoms with Gasteiger partial charge >= 0.3 is 0 Å². The Labute approximate surface area is 65.6 Å². The second kappa shape index (κ2) is 3.66. The van der Waals surface area contributed by atoms with Gasteiger partial charge in [0.05, 0.1) is 0 Å². The Balaban J connectivity index is 3.11. The lowest BCUT2D eigenvalue weighted by molar-refractivity contribution is 0.112. The summed E-state index contributed by atoms with van der Waals surface area (Å²) in [4.78, 5) is 14.3. The summed E-state index contributed by atoms with van der Waals surface area (Å²) in [5.41, 5.74) is 1.54. The summed E-state index contributed by atoms with van der Waals surface area (Å²) < 4.78 is 0. The molecule has 0 bridgehead atoms. The summed E-state index contributed by atoms with van der Waals surface area (Å²) in [6, 6.07) is 7.33. The van der Waals surface area contributed by atoms with E-state index in [9.17, 15) is 4.79 Å². The fraction of sp³-hybridized carbons (Fsp3) is 0.111. The molecule has 1 aromatic carbocycles. The van der Waals surface area contributed by atoms with Crippen molar-refractivity contribution in [3.8, 4) is 0 Å². The number of hydrogen-bond donors (Lipinski definition) is 0. The van der Waals surface area contributed by atoms with E-state index in [2.05, 4.69) is 4.99 Å². The lowest BCUT2D eigenvalue weighted by atomic mass is 10.1. The van der Waals surface area contributed by atoms with E-state index in [0.29, 0.717) is 5.56 Å². The predicted octanol–water partition coefficient (Wildman–Crippen LogP) is 1.55. The van der Waals surface area contributed by atoms with E-state index in [-0.39, 0.29) is 0 Å². The van der Waals surface area contributed by atoms with Crippen LogP contribution in [-0.4, -0.2) is 19.5 Å². The molecule has 0 aliphatic carbocycles. The fourth-order valence-corrected chi connectivity index (χ4v) is 0.875. The van der Waals surface area contributed by atoms with E-state index in [1.807, 2.05) is 18.2 Å². The van der Waals surface area contributed by atoms with Crippen molar-refractivity contribution in [2.24, 2.45) is 4.99 Å². The van der Waals surface area contributed by atoms with Gasteiger partial charge < -0.3 is 0 Å². The van der Waals surface area contributed by atoms with Gasteiger partial charge in [0, 0.05) is 24.4 Å². The van der Waals surface area contributed by atoms with Crippen LogP contribution in [0.2, 0.25) is 0 Å². The second-order valence-electron chi connectivity index (χ2n) is 2.13. The molecule has 0 aromatic heterocycles. The van der Waals surface area contributed by atoms with Crippen molar-refractivity contribution in [1.82, 2.24) is 0 Å². The minimum Gasteiger partial charge on any atom is -0.298 e. The first-order valence-electron chi connectivity index (χ1n) is 3.35. The van der Waals surface area contributed by atoms with Crippen LogP contribution < -0.4 is 0 Å². The highest BCUT2D eigenvalue weighted by atomic mass is 16.1. The lowest BCUT2D eigenvalue weighted by Crippen LogP contribution is -1.89. The highest BCUT2D eigenvalue weighted by molar-refractivity contribution is 5.92. The van der Waals surface area contributed by atoms with Crippen LogP contribution in [-0.2, 0) is 0 Å². The lowest BCUT2D eigenvalue weighted by Gasteiger charge is -1.94. The monoisotopic (exact) mass is 147 g/mol. The van der Waals surface area contributed by atoms with Gasteiger partial charge in [0.2, 0.25) is 0 Å². The van der Waals surface area contributed by atoms with Gasteiger partial charge in [0.15, 0.2) is 6.29 Å². The molecule has 1 aromatic rings. The molecule has 2 heteroatoms. The number of aliphatic imine (C=N–C) groups is 1. The predicted molar refractivity (Wildman–Crippen MR) is 45.3 cm³/mol. The van der Waals surface area contributed by atoms with Gasteiger partial charge in [-0.05, 0) is 0 Å². The highest BCUT2D eigenvalue weighted by Crippen LogP contribution is 2.02. The molecule has 0 heterocycles. The summed E-state index contributed by atoms with van der Waals surface area (Å²) >= 11 is 0. The Kier molecular flexibility index (Phi) is 2.55. The van der Waals surface area contributed by atoms with Crippen molar-refractivity contribution in [2.45, 2.75) is 0 Å². The molecular formula is C9H9NO. The molecule has 11 heavy (non-hydrogen) atoms. The number of aldehydes is 1. The van der Waals surface area contributed by atoms with Crippen molar-refractivity contribution in [2.75, 3.05) is 7.05 Å². The van der Waals surface area contributed by atoms with E-state index in [1.54, 1.807) is 19.3 Å². The molecule has 56 valence electrons. The van der Waals surface area contributed by atoms with Gasteiger partial charge in [-0.15, -0.1) is 0 Å². The Morgan fingerprint density at radius 1 is 1.27 bits per heavy atom. The van der Waals surface area contributed by atoms with Crippen molar-refractivity contribution >= 4 is 12.5 Å². The summed E-state index contributed by atoms with van der Waals surface area (Å²) in [7, 11) is 1.68. The normalized spacial score (nSPS) is 10.3. The van der Waals surface area contributed by atoms with Crippen LogP contribution in [0, 0.1) is 0 Å². The van der Waals surface area contributed by atoms with Gasteiger partial charge in [-0.2, -0.15) is 0 Å². The third-order valence-corrected chi connectivity index (χ3v) is 1.39. The molecule has 0 amide bonds. The van der Waals surface area contributed by atoms with Crippen LogP contribution in [0.1, 0.15) is 15.9 Å². The third-order valence-electron chi connectivity index (χ3n) is 1.39. The van der Waals surface area contributed by atoms with Crippen LogP contribution in [0.25, 0.3) is 0 Å². The molecule has 0 aliphatic heterocycles. The summed E-state index contributed by atoms with van der Waals surface area (Å²) in [5.74, 6) is 0. The molecular weight excluding hydrogens is 138 g/mol. The minimum atomic E-state index is 0.679. The van der Waals surface area contributed by atoms with Crippen molar-refractivity contribution in [1.29, 1.82) is 0 Å². The van der Waals surface area contributed by atoms with E-state index in [4.69, 9.17) is 0 Å². The zero-order valence-corrected chi connectivity index (χ0v) is 6.32. The topological polar surface area (TPSA) is 29.4 Å². The van der Waals surface area contributed by atoms with E-state index >= 15 is 0 Å². The number of hydrogen-bond acceptors (Lipinski definition) is 2. The molecule has 0 atom stereocenters. The molecule has 0 saturated carbocycles. The second-order valence-corrected chi connectivity index (χ2v) is 2.13. The van der Waals surface area contributed by atoms with Crippen LogP contribution in [0.4, 0.5) is 0 Å². The molecule has 0 spiro atoms. The SMILES string of the molecule is CN=Cc1ccccc1C=O. The fourth-order valence-electron chi connectivity index (χ4n) is 0.875. The van der Waals surface area contributed by atoms with Crippen LogP contribution in [0.5, 0.6) is 0 Å². The molecule has 0 aliphatic rings. The highest BCUT2D eigenvalue weighted by Gasteiger charge is 1.94. The Morgan fingerprint density at radius 3 is 2.45 bits per heavy atom. The van der Waals surface area contributed by atoms with E-state index in [0.717, 1.165) is 11.8 Å². The van der Waals surface area contributed by atoms with Crippen LogP contribution in [0.15, 0.2) is 29.3 Å². The zero-order valence-electron chi connectivity index (χ0n) is 6.32. The molecule has 0 unspecified atom stereocenters. The summed E-state index contributed by atoms with van der Waals surface area (Å²) in [5, 5.41) is 0. The van der Waals surface area contributed by atoms with Gasteiger partial charge in [-0.1, -0.05) is 24.3 Å². The molecule has 0 fully saturated rings. The molecule has 1 rings (SSSR count). The number of carbonyl (C=O) groups is 1. The Bertz CT molecular complexity index is 279. The maximum atomic E-state index is 10.4. The van der Waals surface area contributed by atoms with E-state index < -0.39 is 0 Å². The standard InChI is InChI=1S/C9H9NO/c1-10-6-8-4-2-3-5-9(8)7-11/h2-7H,1H3. The minimum absolute atomic E-state index is 0.679. The van der Waals surface area contributed by atoms with Gasteiger partial charge in [0.25, 0.3) is 0 Å². The van der Waals surface area contributed by atoms with E-state index in [1.165, 1.54) is 0 Å². The first-order chi connectivity index (χ1) is 5.38. The smallest absolute Gasteiger partial charge is 0.150 e. The average Bonchev–Trinajstić information content (AvgIpc) is 2.06. The largest absolute Gasteiger partial charge is 0.298 e. The first kappa shape index (κ1) is 7.66. The first-order valence-corrected chi connectivity index (χ1v) is 3.35. The van der Waals surface area contributed by atoms with Gasteiger partial charge in [-0.3, -0.25) is 9.79 Å². The number of rotatable bonds is 2. The van der Waals surface area contributed by atoms with Crippen molar-refractivity contribution in [3.63, 3.8) is 0 Å². The van der Waals surface area contributed by atoms with Crippen molar-refractivity contribution in [3.05, 3.63) is 35.4 Å². The molecule has 0 saturated heterocycles. The summed E-state index contributed by atoms with van der Waals surface area (Å²) in [6.45, 7) is 0. The van der Waals surface area contributed by atoms with Gasteiger partial charge in [-0.25, -0.2) is 0 Å². The Hall–Kier alpha value is -1.44. The maximum Gasteiger partial charge on any atom is 0.150 e. The number of benzene rings is 1. The molecule has 2 nitrogen and oxygen atoms in total. The maximum absolute atomic E-state index is 10.4. The number of carbonyl (C=O) groups excluding carboxylic acids is 1. The third kappa shape index (κ3) is 1.74. The Morgan fingerprint density at radius 2 is 1.91 bits per heavy atom. The molecule has 0 radical (unpaired) electrons. The van der Waals surface area contributed by atoms with Crippen LogP contribution >= 0.6 is 0 Å². The van der Waals surface area contributed by atoms with Crippen molar-refractivity contribution < 1.29 is 4.79 Å². The number of nitrogens with zero attached hydrogens (tertiary/aromatic N) is 1.